The summed E-state index contributed by atoms with van der Waals surface area (Å²) in [5.74, 6) is 2.07. The lowest BCUT2D eigenvalue weighted by Gasteiger charge is -2.19. The van der Waals surface area contributed by atoms with Gasteiger partial charge in [0.15, 0.2) is 11.5 Å². The lowest BCUT2D eigenvalue weighted by atomic mass is 10.2. The first kappa shape index (κ1) is 15.0. The highest BCUT2D eigenvalue weighted by Gasteiger charge is 2.13. The molecule has 0 atom stereocenters. The van der Waals surface area contributed by atoms with E-state index in [9.17, 15) is 4.79 Å². The maximum atomic E-state index is 12.1. The van der Waals surface area contributed by atoms with Crippen LogP contribution in [0.1, 0.15) is 5.56 Å². The summed E-state index contributed by atoms with van der Waals surface area (Å²) in [5.41, 5.74) is 2.28. The molecule has 0 bridgehead atoms. The van der Waals surface area contributed by atoms with Crippen molar-refractivity contribution in [2.45, 2.75) is 6.92 Å². The summed E-state index contributed by atoms with van der Waals surface area (Å²) in [5, 5.41) is 5.59. The third-order valence-electron chi connectivity index (χ3n) is 3.48. The van der Waals surface area contributed by atoms with Crippen LogP contribution < -0.4 is 24.8 Å². The van der Waals surface area contributed by atoms with E-state index >= 15 is 0 Å². The average Bonchev–Trinajstić information content (AvgIpc) is 2.56. The second-order valence-corrected chi connectivity index (χ2v) is 5.12. The Balaban J connectivity index is 1.67. The van der Waals surface area contributed by atoms with Gasteiger partial charge in [0.2, 0.25) is 0 Å². The number of aryl methyl sites for hydroxylation is 1. The van der Waals surface area contributed by atoms with Gasteiger partial charge in [-0.25, -0.2) is 4.79 Å². The van der Waals surface area contributed by atoms with Crippen molar-refractivity contribution >= 4 is 17.4 Å². The quantitative estimate of drug-likeness (QED) is 0.911. The SMILES string of the molecule is COc1ccc(NC(=O)Nc2ccc3c(c2)OCCO3)c(C)c1. The van der Waals surface area contributed by atoms with E-state index in [-0.39, 0.29) is 6.03 Å². The molecule has 0 spiro atoms. The number of methoxy groups -OCH3 is 1. The van der Waals surface area contributed by atoms with Crippen molar-refractivity contribution in [2.75, 3.05) is 31.0 Å². The largest absolute Gasteiger partial charge is 0.497 e. The maximum Gasteiger partial charge on any atom is 0.323 e. The van der Waals surface area contributed by atoms with Crippen LogP contribution in [0.5, 0.6) is 17.2 Å². The van der Waals surface area contributed by atoms with E-state index < -0.39 is 0 Å². The van der Waals surface area contributed by atoms with Crippen molar-refractivity contribution in [3.05, 3.63) is 42.0 Å². The smallest absolute Gasteiger partial charge is 0.323 e. The summed E-state index contributed by atoms with van der Waals surface area (Å²) >= 11 is 0. The summed E-state index contributed by atoms with van der Waals surface area (Å²) in [6, 6.07) is 10.4. The fourth-order valence-electron chi connectivity index (χ4n) is 2.31. The Kier molecular flexibility index (Phi) is 4.23. The lowest BCUT2D eigenvalue weighted by Crippen LogP contribution is -2.20. The van der Waals surface area contributed by atoms with Crippen LogP contribution >= 0.6 is 0 Å². The van der Waals surface area contributed by atoms with E-state index in [1.165, 1.54) is 0 Å². The van der Waals surface area contributed by atoms with Crippen molar-refractivity contribution in [3.8, 4) is 17.2 Å². The Morgan fingerprint density at radius 1 is 1.04 bits per heavy atom. The molecule has 1 heterocycles. The minimum Gasteiger partial charge on any atom is -0.497 e. The monoisotopic (exact) mass is 314 g/mol. The number of rotatable bonds is 3. The third kappa shape index (κ3) is 3.48. The fourth-order valence-corrected chi connectivity index (χ4v) is 2.31. The van der Waals surface area contributed by atoms with Gasteiger partial charge in [0.25, 0.3) is 0 Å². The highest BCUT2D eigenvalue weighted by molar-refractivity contribution is 6.00. The van der Waals surface area contributed by atoms with E-state index in [2.05, 4.69) is 10.6 Å². The van der Waals surface area contributed by atoms with Crippen molar-refractivity contribution < 1.29 is 19.0 Å². The molecule has 6 nitrogen and oxygen atoms in total. The second kappa shape index (κ2) is 6.48. The Bertz CT molecular complexity index is 731. The van der Waals surface area contributed by atoms with Crippen LogP contribution in [0.3, 0.4) is 0 Å². The van der Waals surface area contributed by atoms with Crippen molar-refractivity contribution in [1.29, 1.82) is 0 Å². The molecule has 0 fully saturated rings. The number of carbonyl (C=O) groups is 1. The van der Waals surface area contributed by atoms with Crippen LogP contribution in [0.4, 0.5) is 16.2 Å². The number of carbonyl (C=O) groups excluding carboxylic acids is 1. The van der Waals surface area contributed by atoms with Crippen LogP contribution in [0.2, 0.25) is 0 Å². The maximum absolute atomic E-state index is 12.1. The van der Waals surface area contributed by atoms with Gasteiger partial charge in [0.05, 0.1) is 7.11 Å². The molecule has 2 N–H and O–H groups in total. The first-order valence-electron chi connectivity index (χ1n) is 7.28. The number of hydrogen-bond acceptors (Lipinski definition) is 4. The predicted octanol–water partition coefficient (Wildman–Crippen LogP) is 3.42. The van der Waals surface area contributed by atoms with Gasteiger partial charge in [-0.2, -0.15) is 0 Å². The Labute approximate surface area is 134 Å². The molecule has 2 aromatic carbocycles. The van der Waals surface area contributed by atoms with E-state index in [1.807, 2.05) is 13.0 Å². The highest BCUT2D eigenvalue weighted by atomic mass is 16.6. The molecule has 1 aliphatic rings. The molecule has 1 aliphatic heterocycles. The number of benzene rings is 2. The average molecular weight is 314 g/mol. The summed E-state index contributed by atoms with van der Waals surface area (Å²) in [6.45, 7) is 2.95. The normalized spacial score (nSPS) is 12.4. The Morgan fingerprint density at radius 3 is 2.57 bits per heavy atom. The fraction of sp³-hybridized carbons (Fsp3) is 0.235. The lowest BCUT2D eigenvalue weighted by molar-refractivity contribution is 0.171. The van der Waals surface area contributed by atoms with Gasteiger partial charge < -0.3 is 24.8 Å². The molecule has 0 saturated carbocycles. The van der Waals surface area contributed by atoms with E-state index in [1.54, 1.807) is 37.4 Å². The predicted molar refractivity (Wildman–Crippen MR) is 87.8 cm³/mol. The summed E-state index contributed by atoms with van der Waals surface area (Å²) in [4.78, 5) is 12.1. The topological polar surface area (TPSA) is 68.8 Å². The molecule has 0 saturated heterocycles. The first-order valence-corrected chi connectivity index (χ1v) is 7.28. The Hall–Kier alpha value is -2.89. The standard InChI is InChI=1S/C17H18N2O4/c1-11-9-13(21-2)4-5-14(11)19-17(20)18-12-3-6-15-16(10-12)23-8-7-22-15/h3-6,9-10H,7-8H2,1-2H3,(H2,18,19,20). The van der Waals surface area contributed by atoms with Gasteiger partial charge in [-0.15, -0.1) is 0 Å². The zero-order valence-electron chi connectivity index (χ0n) is 13.0. The molecule has 0 unspecified atom stereocenters. The molecule has 0 aromatic heterocycles. The van der Waals surface area contributed by atoms with Crippen LogP contribution in [0.15, 0.2) is 36.4 Å². The van der Waals surface area contributed by atoms with E-state index in [4.69, 9.17) is 14.2 Å². The van der Waals surface area contributed by atoms with Gasteiger partial charge in [-0.1, -0.05) is 0 Å². The summed E-state index contributed by atoms with van der Waals surface area (Å²) in [6.07, 6.45) is 0. The van der Waals surface area contributed by atoms with Crippen LogP contribution in [-0.4, -0.2) is 26.4 Å². The number of anilines is 2. The van der Waals surface area contributed by atoms with Crippen LogP contribution in [0.25, 0.3) is 0 Å². The summed E-state index contributed by atoms with van der Waals surface area (Å²) in [7, 11) is 1.61. The molecule has 120 valence electrons. The number of hydrogen-bond donors (Lipinski definition) is 2. The number of nitrogens with one attached hydrogen (secondary N) is 2. The van der Waals surface area contributed by atoms with Gasteiger partial charge in [0, 0.05) is 17.4 Å². The zero-order chi connectivity index (χ0) is 16.2. The number of fused-ring (bicyclic) bond motifs is 1. The van der Waals surface area contributed by atoms with Crippen molar-refractivity contribution in [1.82, 2.24) is 0 Å². The van der Waals surface area contributed by atoms with Crippen LogP contribution in [-0.2, 0) is 0 Å². The van der Waals surface area contributed by atoms with Gasteiger partial charge in [-0.05, 0) is 42.8 Å². The number of amides is 2. The first-order chi connectivity index (χ1) is 11.2. The second-order valence-electron chi connectivity index (χ2n) is 5.12. The van der Waals surface area contributed by atoms with E-state index in [0.717, 1.165) is 17.0 Å². The van der Waals surface area contributed by atoms with Gasteiger partial charge >= 0.3 is 6.03 Å². The molecule has 0 radical (unpaired) electrons. The molecule has 23 heavy (non-hydrogen) atoms. The highest BCUT2D eigenvalue weighted by Crippen LogP contribution is 2.32. The number of ether oxygens (including phenoxy) is 3. The molecule has 3 rings (SSSR count). The zero-order valence-corrected chi connectivity index (χ0v) is 13.0. The van der Waals surface area contributed by atoms with Gasteiger partial charge in [0.1, 0.15) is 19.0 Å². The van der Waals surface area contributed by atoms with Crippen LogP contribution in [0, 0.1) is 6.92 Å². The number of urea groups is 1. The van der Waals surface area contributed by atoms with Crippen molar-refractivity contribution in [3.63, 3.8) is 0 Å². The summed E-state index contributed by atoms with van der Waals surface area (Å²) < 4.78 is 16.1. The minimum atomic E-state index is -0.324. The molecule has 2 amide bonds. The molecule has 2 aromatic rings. The molecule has 0 aliphatic carbocycles. The molecular formula is C17H18N2O4. The third-order valence-corrected chi connectivity index (χ3v) is 3.48. The minimum absolute atomic E-state index is 0.324. The molecule has 6 heteroatoms. The Morgan fingerprint density at radius 2 is 1.83 bits per heavy atom. The van der Waals surface area contributed by atoms with Crippen molar-refractivity contribution in [2.24, 2.45) is 0 Å². The molecular weight excluding hydrogens is 296 g/mol. The van der Waals surface area contributed by atoms with E-state index in [0.29, 0.717) is 30.4 Å². The van der Waals surface area contributed by atoms with Gasteiger partial charge in [-0.3, -0.25) is 0 Å².